The number of benzene rings is 1. The predicted molar refractivity (Wildman–Crippen MR) is 99.7 cm³/mol. The van der Waals surface area contributed by atoms with E-state index in [4.69, 9.17) is 9.31 Å². The van der Waals surface area contributed by atoms with Gasteiger partial charge in [0.1, 0.15) is 0 Å². The van der Waals surface area contributed by atoms with Crippen LogP contribution in [-0.2, 0) is 15.6 Å². The van der Waals surface area contributed by atoms with Crippen molar-refractivity contribution in [2.45, 2.75) is 72.4 Å². The number of hydrogen-bond acceptors (Lipinski definition) is 3. The van der Waals surface area contributed by atoms with E-state index in [1.165, 1.54) is 6.42 Å². The number of aryl methyl sites for hydroxylation is 1. The minimum atomic E-state index is -0.202. The highest BCUT2D eigenvalue weighted by atomic mass is 16.7. The fourth-order valence-electron chi connectivity index (χ4n) is 5.87. The van der Waals surface area contributed by atoms with Gasteiger partial charge < -0.3 is 9.31 Å². The molecule has 1 aliphatic heterocycles. The Morgan fingerprint density at radius 2 is 1.96 bits per heavy atom. The Morgan fingerprint density at radius 3 is 2.60 bits per heavy atom. The Kier molecular flexibility index (Phi) is 3.76. The minimum absolute atomic E-state index is 0.133. The number of carbonyl (C=O) groups is 1. The molecule has 3 aliphatic carbocycles. The molecule has 1 saturated heterocycles. The third kappa shape index (κ3) is 2.37. The average molecular weight is 340 g/mol. The summed E-state index contributed by atoms with van der Waals surface area (Å²) in [6.45, 7) is 12.7. The topological polar surface area (TPSA) is 35.5 Å². The lowest BCUT2D eigenvalue weighted by Gasteiger charge is -2.64. The molecule has 1 heterocycles. The molecule has 4 fully saturated rings. The van der Waals surface area contributed by atoms with Gasteiger partial charge in [0, 0.05) is 11.9 Å². The molecule has 2 bridgehead atoms. The lowest BCUT2D eigenvalue weighted by molar-refractivity contribution is -0.199. The van der Waals surface area contributed by atoms with E-state index in [0.717, 1.165) is 40.9 Å². The van der Waals surface area contributed by atoms with Gasteiger partial charge in [0.25, 0.3) is 0 Å². The van der Waals surface area contributed by atoms with Crippen LogP contribution in [0.3, 0.4) is 0 Å². The van der Waals surface area contributed by atoms with E-state index in [1.54, 1.807) is 6.92 Å². The van der Waals surface area contributed by atoms with E-state index in [2.05, 4.69) is 26.8 Å². The molecule has 25 heavy (non-hydrogen) atoms. The van der Waals surface area contributed by atoms with E-state index in [1.807, 2.05) is 19.9 Å². The molecule has 1 aromatic carbocycles. The van der Waals surface area contributed by atoms with Crippen LogP contribution in [-0.4, -0.2) is 24.6 Å². The Balaban J connectivity index is 1.57. The zero-order chi connectivity index (χ0) is 18.1. The van der Waals surface area contributed by atoms with Crippen molar-refractivity contribution >= 4 is 12.9 Å². The molecule has 0 radical (unpaired) electrons. The highest BCUT2D eigenvalue weighted by Crippen LogP contribution is 2.65. The highest BCUT2D eigenvalue weighted by Gasteiger charge is 2.67. The first-order valence-corrected chi connectivity index (χ1v) is 9.58. The van der Waals surface area contributed by atoms with Crippen molar-refractivity contribution in [3.63, 3.8) is 0 Å². The molecular formula is C21H29BO3. The SMILES string of the molecule is CC(=O)c1c(C)ccc(CB2OC3C[C@@H]4C[C@@H](C4(C)C)[C@]3(C)O2)c1C. The molecule has 0 amide bonds. The van der Waals surface area contributed by atoms with Gasteiger partial charge in [-0.05, 0) is 74.5 Å². The maximum absolute atomic E-state index is 12.0. The molecule has 4 heteroatoms. The Hall–Kier alpha value is -1.13. The van der Waals surface area contributed by atoms with Crippen molar-refractivity contribution in [3.05, 3.63) is 34.4 Å². The maximum atomic E-state index is 12.0. The first kappa shape index (κ1) is 17.3. The first-order valence-electron chi connectivity index (χ1n) is 9.58. The quantitative estimate of drug-likeness (QED) is 0.607. The summed E-state index contributed by atoms with van der Waals surface area (Å²) in [7, 11) is -0.202. The second-order valence-corrected chi connectivity index (χ2v) is 9.20. The zero-order valence-corrected chi connectivity index (χ0v) is 16.3. The summed E-state index contributed by atoms with van der Waals surface area (Å²) in [6, 6.07) is 4.17. The zero-order valence-electron chi connectivity index (χ0n) is 16.3. The lowest BCUT2D eigenvalue weighted by Crippen LogP contribution is -2.65. The van der Waals surface area contributed by atoms with Gasteiger partial charge in [-0.2, -0.15) is 0 Å². The number of rotatable bonds is 3. The van der Waals surface area contributed by atoms with Crippen LogP contribution in [0.15, 0.2) is 12.1 Å². The van der Waals surface area contributed by atoms with Crippen LogP contribution in [0, 0.1) is 31.1 Å². The van der Waals surface area contributed by atoms with Crippen molar-refractivity contribution in [1.29, 1.82) is 0 Å². The summed E-state index contributed by atoms with van der Waals surface area (Å²) < 4.78 is 12.9. The second kappa shape index (κ2) is 5.44. The molecule has 1 aromatic rings. The molecule has 4 atom stereocenters. The van der Waals surface area contributed by atoms with Gasteiger partial charge in [0.15, 0.2) is 5.78 Å². The molecule has 4 aliphatic rings. The van der Waals surface area contributed by atoms with Gasteiger partial charge in [-0.15, -0.1) is 0 Å². The van der Waals surface area contributed by atoms with Gasteiger partial charge >= 0.3 is 7.12 Å². The summed E-state index contributed by atoms with van der Waals surface area (Å²) in [5, 5.41) is 0. The maximum Gasteiger partial charge on any atom is 0.462 e. The van der Waals surface area contributed by atoms with Crippen LogP contribution >= 0.6 is 0 Å². The van der Waals surface area contributed by atoms with E-state index < -0.39 is 0 Å². The summed E-state index contributed by atoms with van der Waals surface area (Å²) in [4.78, 5) is 12.0. The fraction of sp³-hybridized carbons (Fsp3) is 0.667. The van der Waals surface area contributed by atoms with Gasteiger partial charge in [0.05, 0.1) is 11.7 Å². The fourth-order valence-corrected chi connectivity index (χ4v) is 5.87. The van der Waals surface area contributed by atoms with Crippen molar-refractivity contribution in [3.8, 4) is 0 Å². The van der Waals surface area contributed by atoms with Gasteiger partial charge in [-0.3, -0.25) is 4.79 Å². The van der Waals surface area contributed by atoms with Crippen molar-refractivity contribution in [2.24, 2.45) is 17.3 Å². The van der Waals surface area contributed by atoms with Crippen molar-refractivity contribution in [2.75, 3.05) is 0 Å². The highest BCUT2D eigenvalue weighted by molar-refractivity contribution is 6.45. The van der Waals surface area contributed by atoms with Gasteiger partial charge in [0.2, 0.25) is 0 Å². The number of ketones is 1. The van der Waals surface area contributed by atoms with Crippen LogP contribution in [0.5, 0.6) is 0 Å². The summed E-state index contributed by atoms with van der Waals surface area (Å²) in [5.41, 5.74) is 4.34. The predicted octanol–water partition coefficient (Wildman–Crippen LogP) is 4.32. The molecule has 1 unspecified atom stereocenters. The molecule has 3 nitrogen and oxygen atoms in total. The molecule has 0 spiro atoms. The van der Waals surface area contributed by atoms with Crippen LogP contribution in [0.2, 0.25) is 0 Å². The van der Waals surface area contributed by atoms with E-state index in [0.29, 0.717) is 11.3 Å². The van der Waals surface area contributed by atoms with Crippen molar-refractivity contribution in [1.82, 2.24) is 0 Å². The average Bonchev–Trinajstić information content (AvgIpc) is 2.85. The third-order valence-electron chi connectivity index (χ3n) is 7.53. The molecule has 3 saturated carbocycles. The largest absolute Gasteiger partial charge is 0.462 e. The Morgan fingerprint density at radius 1 is 1.24 bits per heavy atom. The summed E-state index contributed by atoms with van der Waals surface area (Å²) in [6.07, 6.45) is 3.32. The number of hydrogen-bond donors (Lipinski definition) is 0. The van der Waals surface area contributed by atoms with Gasteiger partial charge in [-0.25, -0.2) is 0 Å². The van der Waals surface area contributed by atoms with Crippen LogP contribution in [0.25, 0.3) is 0 Å². The molecule has 134 valence electrons. The Labute approximate surface area is 151 Å². The van der Waals surface area contributed by atoms with Crippen LogP contribution in [0.4, 0.5) is 0 Å². The Bertz CT molecular complexity index is 741. The number of carbonyl (C=O) groups excluding carboxylic acids is 1. The summed E-state index contributed by atoms with van der Waals surface area (Å²) in [5.74, 6) is 1.48. The molecule has 0 N–H and O–H groups in total. The molecular weight excluding hydrogens is 311 g/mol. The standard InChI is InChI=1S/C21H29BO3/c1-12-7-8-15(13(2)19(12)14(3)23)11-22-24-18-10-16-9-17(20(16,4)5)21(18,6)25-22/h7-8,16-18H,9-11H2,1-6H3/t16-,17-,18?,21-/m0/s1. The number of Topliss-reactive ketones (excluding diaryl/α,β-unsaturated/α-hetero) is 1. The van der Waals surface area contributed by atoms with E-state index in [-0.39, 0.29) is 24.6 Å². The summed E-state index contributed by atoms with van der Waals surface area (Å²) >= 11 is 0. The van der Waals surface area contributed by atoms with E-state index >= 15 is 0 Å². The van der Waals surface area contributed by atoms with Gasteiger partial charge in [-0.1, -0.05) is 26.0 Å². The monoisotopic (exact) mass is 340 g/mol. The third-order valence-corrected chi connectivity index (χ3v) is 7.53. The minimum Gasteiger partial charge on any atom is -0.405 e. The van der Waals surface area contributed by atoms with E-state index in [9.17, 15) is 4.79 Å². The smallest absolute Gasteiger partial charge is 0.405 e. The van der Waals surface area contributed by atoms with Crippen LogP contribution in [0.1, 0.15) is 67.6 Å². The molecule has 0 aromatic heterocycles. The normalized spacial score (nSPS) is 35.3. The first-order chi connectivity index (χ1) is 11.6. The van der Waals surface area contributed by atoms with Crippen molar-refractivity contribution < 1.29 is 14.1 Å². The van der Waals surface area contributed by atoms with Crippen LogP contribution < -0.4 is 0 Å². The molecule has 5 rings (SSSR count). The lowest BCUT2D eigenvalue weighted by atomic mass is 9.43. The second-order valence-electron chi connectivity index (χ2n) is 9.20.